The van der Waals surface area contributed by atoms with Crippen LogP contribution in [0.3, 0.4) is 0 Å². The highest BCUT2D eigenvalue weighted by atomic mass is 35.5. The van der Waals surface area contributed by atoms with E-state index in [0.717, 1.165) is 42.4 Å². The molecule has 2 amide bonds. The van der Waals surface area contributed by atoms with Crippen molar-refractivity contribution in [3.63, 3.8) is 0 Å². The van der Waals surface area contributed by atoms with E-state index >= 15 is 0 Å². The molecule has 1 aliphatic rings. The number of para-hydroxylation sites is 1. The second-order valence-electron chi connectivity index (χ2n) is 9.36. The Balaban J connectivity index is 1.63. The molecule has 0 aliphatic heterocycles. The summed E-state index contributed by atoms with van der Waals surface area (Å²) in [7, 11) is 0. The molecule has 0 saturated heterocycles. The van der Waals surface area contributed by atoms with E-state index in [1.807, 2.05) is 79.7 Å². The zero-order valence-electron chi connectivity index (χ0n) is 20.7. The maximum atomic E-state index is 13.7. The number of hydrogen-bond acceptors (Lipinski definition) is 3. The van der Waals surface area contributed by atoms with Crippen LogP contribution in [-0.2, 0) is 22.6 Å². The van der Waals surface area contributed by atoms with Crippen molar-refractivity contribution in [3.8, 4) is 5.75 Å². The number of rotatable bonds is 10. The Hall–Kier alpha value is -3.31. The maximum absolute atomic E-state index is 13.7. The highest BCUT2D eigenvalue weighted by molar-refractivity contribution is 6.31. The van der Waals surface area contributed by atoms with Crippen LogP contribution in [-0.4, -0.2) is 35.4 Å². The van der Waals surface area contributed by atoms with Gasteiger partial charge in [-0.1, -0.05) is 91.2 Å². The van der Waals surface area contributed by atoms with Crippen LogP contribution in [0, 0.1) is 6.92 Å². The zero-order chi connectivity index (χ0) is 25.3. The van der Waals surface area contributed by atoms with Crippen LogP contribution in [0.5, 0.6) is 5.75 Å². The first-order valence-corrected chi connectivity index (χ1v) is 12.9. The molecule has 0 heterocycles. The van der Waals surface area contributed by atoms with Crippen molar-refractivity contribution in [2.75, 3.05) is 6.61 Å². The molecule has 1 saturated carbocycles. The van der Waals surface area contributed by atoms with Gasteiger partial charge in [0.2, 0.25) is 5.91 Å². The molecule has 4 rings (SSSR count). The maximum Gasteiger partial charge on any atom is 0.261 e. The van der Waals surface area contributed by atoms with E-state index in [0.29, 0.717) is 17.2 Å². The molecule has 1 fully saturated rings. The highest BCUT2D eigenvalue weighted by Crippen LogP contribution is 2.23. The predicted molar refractivity (Wildman–Crippen MR) is 143 cm³/mol. The first-order valence-electron chi connectivity index (χ1n) is 12.6. The summed E-state index contributed by atoms with van der Waals surface area (Å²) in [5.74, 6) is 0.251. The Morgan fingerprint density at radius 1 is 0.972 bits per heavy atom. The summed E-state index contributed by atoms with van der Waals surface area (Å²) in [5, 5.41) is 3.77. The molecule has 0 radical (unpaired) electrons. The van der Waals surface area contributed by atoms with Crippen LogP contribution in [0.1, 0.15) is 42.4 Å². The topological polar surface area (TPSA) is 58.6 Å². The van der Waals surface area contributed by atoms with Gasteiger partial charge in [-0.15, -0.1) is 0 Å². The zero-order valence-corrected chi connectivity index (χ0v) is 21.4. The van der Waals surface area contributed by atoms with Gasteiger partial charge < -0.3 is 15.0 Å². The molecule has 36 heavy (non-hydrogen) atoms. The molecule has 3 aromatic rings. The van der Waals surface area contributed by atoms with Gasteiger partial charge in [-0.3, -0.25) is 9.59 Å². The second kappa shape index (κ2) is 12.6. The number of ether oxygens (including phenoxy) is 1. The summed E-state index contributed by atoms with van der Waals surface area (Å²) in [6, 6.07) is 24.3. The van der Waals surface area contributed by atoms with Crippen LogP contribution in [0.25, 0.3) is 0 Å². The van der Waals surface area contributed by atoms with Crippen molar-refractivity contribution >= 4 is 23.4 Å². The third kappa shape index (κ3) is 6.88. The predicted octanol–water partition coefficient (Wildman–Crippen LogP) is 5.73. The lowest BCUT2D eigenvalue weighted by molar-refractivity contribution is -0.143. The molecule has 6 heteroatoms. The second-order valence-corrected chi connectivity index (χ2v) is 9.77. The summed E-state index contributed by atoms with van der Waals surface area (Å²) in [6.07, 6.45) is 4.57. The SMILES string of the molecule is Cc1ccccc1OCC(=O)N(Cc1ccccc1Cl)[C@@H](Cc1ccccc1)C(=O)NC1CCCC1. The van der Waals surface area contributed by atoms with E-state index < -0.39 is 6.04 Å². The van der Waals surface area contributed by atoms with E-state index in [1.165, 1.54) is 0 Å². The fraction of sp³-hybridized carbons (Fsp3) is 0.333. The minimum atomic E-state index is -0.697. The fourth-order valence-corrected chi connectivity index (χ4v) is 4.87. The number of benzene rings is 3. The third-order valence-electron chi connectivity index (χ3n) is 6.72. The summed E-state index contributed by atoms with van der Waals surface area (Å²) < 4.78 is 5.91. The first kappa shape index (κ1) is 25.8. The van der Waals surface area contributed by atoms with E-state index in [1.54, 1.807) is 11.0 Å². The van der Waals surface area contributed by atoms with Gasteiger partial charge in [0.05, 0.1) is 0 Å². The van der Waals surface area contributed by atoms with Gasteiger partial charge >= 0.3 is 0 Å². The molecule has 3 aromatic carbocycles. The van der Waals surface area contributed by atoms with Crippen molar-refractivity contribution in [3.05, 3.63) is 101 Å². The molecule has 5 nitrogen and oxygen atoms in total. The smallest absolute Gasteiger partial charge is 0.261 e. The molecular weight excluding hydrogens is 472 g/mol. The molecule has 0 aromatic heterocycles. The lowest BCUT2D eigenvalue weighted by atomic mass is 10.0. The highest BCUT2D eigenvalue weighted by Gasteiger charge is 2.32. The Kier molecular flexibility index (Phi) is 9.01. The lowest BCUT2D eigenvalue weighted by Gasteiger charge is -2.32. The van der Waals surface area contributed by atoms with Crippen LogP contribution in [0.15, 0.2) is 78.9 Å². The molecule has 0 unspecified atom stereocenters. The monoisotopic (exact) mass is 504 g/mol. The van der Waals surface area contributed by atoms with Gasteiger partial charge in [-0.2, -0.15) is 0 Å². The van der Waals surface area contributed by atoms with Gasteiger partial charge in [0.15, 0.2) is 6.61 Å². The number of hydrogen-bond donors (Lipinski definition) is 1. The van der Waals surface area contributed by atoms with Crippen molar-refractivity contribution in [2.24, 2.45) is 0 Å². The Bertz CT molecular complexity index is 1160. The van der Waals surface area contributed by atoms with E-state index in [9.17, 15) is 9.59 Å². The van der Waals surface area contributed by atoms with Gasteiger partial charge in [-0.25, -0.2) is 0 Å². The van der Waals surface area contributed by atoms with Crippen molar-refractivity contribution in [2.45, 2.75) is 57.7 Å². The first-order chi connectivity index (χ1) is 17.5. The van der Waals surface area contributed by atoms with E-state index in [4.69, 9.17) is 16.3 Å². The van der Waals surface area contributed by atoms with Crippen LogP contribution in [0.4, 0.5) is 0 Å². The molecule has 188 valence electrons. The number of aryl methyl sites for hydroxylation is 1. The summed E-state index contributed by atoms with van der Waals surface area (Å²) in [4.78, 5) is 29.0. The van der Waals surface area contributed by atoms with Crippen molar-refractivity contribution in [1.82, 2.24) is 10.2 Å². The summed E-state index contributed by atoms with van der Waals surface area (Å²) in [5.41, 5.74) is 2.72. The third-order valence-corrected chi connectivity index (χ3v) is 7.08. The summed E-state index contributed by atoms with van der Waals surface area (Å²) >= 11 is 6.48. The minimum Gasteiger partial charge on any atom is -0.484 e. The number of carbonyl (C=O) groups excluding carboxylic acids is 2. The molecule has 0 bridgehead atoms. The largest absolute Gasteiger partial charge is 0.484 e. The Morgan fingerprint density at radius 3 is 2.36 bits per heavy atom. The van der Waals surface area contributed by atoms with E-state index in [-0.39, 0.29) is 31.0 Å². The number of amides is 2. The minimum absolute atomic E-state index is 0.137. The van der Waals surface area contributed by atoms with Crippen molar-refractivity contribution in [1.29, 1.82) is 0 Å². The summed E-state index contributed by atoms with van der Waals surface area (Å²) in [6.45, 7) is 1.98. The lowest BCUT2D eigenvalue weighted by Crippen LogP contribution is -2.53. The Labute approximate surface area is 218 Å². The van der Waals surface area contributed by atoms with Crippen LogP contribution in [0.2, 0.25) is 5.02 Å². The quantitative estimate of drug-likeness (QED) is 0.384. The Morgan fingerprint density at radius 2 is 1.64 bits per heavy atom. The van der Waals surface area contributed by atoms with Gasteiger partial charge in [-0.05, 0) is 48.6 Å². The van der Waals surface area contributed by atoms with Gasteiger partial charge in [0.25, 0.3) is 5.91 Å². The van der Waals surface area contributed by atoms with Crippen molar-refractivity contribution < 1.29 is 14.3 Å². The average Bonchev–Trinajstić information content (AvgIpc) is 3.40. The molecule has 1 aliphatic carbocycles. The average molecular weight is 505 g/mol. The van der Waals surface area contributed by atoms with Gasteiger partial charge in [0.1, 0.15) is 11.8 Å². The number of halogens is 1. The number of carbonyl (C=O) groups is 2. The molecular formula is C30H33ClN2O3. The fourth-order valence-electron chi connectivity index (χ4n) is 4.67. The molecule has 0 spiro atoms. The standard InChI is InChI=1S/C30H33ClN2O3/c1-22-11-5-10-18-28(22)36-21-29(34)33(20-24-14-6-9-17-26(24)31)27(19-23-12-3-2-4-13-23)30(35)32-25-15-7-8-16-25/h2-6,9-14,17-18,25,27H,7-8,15-16,19-21H2,1H3,(H,32,35)/t27-/m0/s1. The van der Waals surface area contributed by atoms with Crippen LogP contribution >= 0.6 is 11.6 Å². The molecule has 1 N–H and O–H groups in total. The van der Waals surface area contributed by atoms with Gasteiger partial charge in [0, 0.05) is 24.0 Å². The number of nitrogens with zero attached hydrogens (tertiary/aromatic N) is 1. The molecule has 1 atom stereocenters. The normalized spacial score (nSPS) is 14.3. The van der Waals surface area contributed by atoms with E-state index in [2.05, 4.69) is 5.32 Å². The number of nitrogens with one attached hydrogen (secondary N) is 1. The van der Waals surface area contributed by atoms with Crippen LogP contribution < -0.4 is 10.1 Å².